The molecule has 2 aromatic carbocycles. The van der Waals surface area contributed by atoms with Gasteiger partial charge in [0.05, 0.1) is 23.7 Å². The summed E-state index contributed by atoms with van der Waals surface area (Å²) in [4.78, 5) is 47.0. The topological polar surface area (TPSA) is 165 Å². The van der Waals surface area contributed by atoms with Gasteiger partial charge in [0.25, 0.3) is 5.91 Å². The van der Waals surface area contributed by atoms with Crippen molar-refractivity contribution in [1.82, 2.24) is 29.7 Å². The van der Waals surface area contributed by atoms with E-state index in [1.807, 2.05) is 7.05 Å². The van der Waals surface area contributed by atoms with Crippen molar-refractivity contribution in [3.05, 3.63) is 57.5 Å². The summed E-state index contributed by atoms with van der Waals surface area (Å²) in [5.74, 6) is -0.733. The zero-order valence-corrected chi connectivity index (χ0v) is 25.7. The molecule has 3 heterocycles. The molecule has 2 aliphatic rings. The second-order valence-electron chi connectivity index (χ2n) is 10.5. The van der Waals surface area contributed by atoms with Crippen molar-refractivity contribution >= 4 is 55.9 Å². The number of hydrogen-bond donors (Lipinski definition) is 3. The van der Waals surface area contributed by atoms with E-state index in [4.69, 9.17) is 5.41 Å². The highest BCUT2D eigenvalue weighted by atomic mass is 32.2. The highest BCUT2D eigenvalue weighted by molar-refractivity contribution is 7.89. The fraction of sp³-hybridized carbons (Fsp3) is 0.393. The second-order valence-corrected chi connectivity index (χ2v) is 13.5. The third kappa shape index (κ3) is 6.39. The molecular formula is C28H33N7O6S2. The van der Waals surface area contributed by atoms with E-state index >= 15 is 0 Å². The molecule has 228 valence electrons. The third-order valence-electron chi connectivity index (χ3n) is 7.66. The van der Waals surface area contributed by atoms with Crippen molar-refractivity contribution in [1.29, 1.82) is 5.41 Å². The average molecular weight is 628 g/mol. The van der Waals surface area contributed by atoms with E-state index in [1.165, 1.54) is 35.9 Å². The second kappa shape index (κ2) is 12.4. The van der Waals surface area contributed by atoms with Crippen LogP contribution in [0.15, 0.2) is 41.3 Å². The van der Waals surface area contributed by atoms with Crippen molar-refractivity contribution in [3.63, 3.8) is 0 Å². The predicted octanol–water partition coefficient (Wildman–Crippen LogP) is 1.62. The van der Waals surface area contributed by atoms with Crippen LogP contribution in [0.1, 0.15) is 32.4 Å². The van der Waals surface area contributed by atoms with Gasteiger partial charge < -0.3 is 19.9 Å². The van der Waals surface area contributed by atoms with Gasteiger partial charge in [0.2, 0.25) is 15.9 Å². The van der Waals surface area contributed by atoms with E-state index in [1.54, 1.807) is 35.2 Å². The van der Waals surface area contributed by atoms with Crippen LogP contribution in [0.2, 0.25) is 0 Å². The third-order valence-corrected chi connectivity index (χ3v) is 10.6. The first kappa shape index (κ1) is 30.5. The molecular weight excluding hydrogens is 594 g/mol. The monoisotopic (exact) mass is 627 g/mol. The lowest BCUT2D eigenvalue weighted by Crippen LogP contribution is -2.57. The number of alkyl carbamates (subject to hydrolysis) is 1. The number of carbonyl (C=O) groups is 3. The van der Waals surface area contributed by atoms with Crippen molar-refractivity contribution in [2.45, 2.75) is 30.3 Å². The van der Waals surface area contributed by atoms with E-state index in [9.17, 15) is 22.8 Å². The molecule has 5 rings (SSSR count). The molecule has 0 aliphatic carbocycles. The van der Waals surface area contributed by atoms with Crippen LogP contribution >= 0.6 is 11.3 Å². The van der Waals surface area contributed by atoms with Crippen LogP contribution in [0.3, 0.4) is 0 Å². The Kier molecular flexibility index (Phi) is 8.78. The van der Waals surface area contributed by atoms with Crippen LogP contribution < -0.4 is 10.6 Å². The summed E-state index contributed by atoms with van der Waals surface area (Å²) in [7, 11) is 0.762. The van der Waals surface area contributed by atoms with Crippen LogP contribution in [0.5, 0.6) is 0 Å². The molecule has 1 fully saturated rings. The summed E-state index contributed by atoms with van der Waals surface area (Å²) >= 11 is 1.36. The highest BCUT2D eigenvalue weighted by Crippen LogP contribution is 2.29. The zero-order valence-electron chi connectivity index (χ0n) is 24.0. The van der Waals surface area contributed by atoms with Gasteiger partial charge in [0.1, 0.15) is 5.84 Å². The van der Waals surface area contributed by atoms with Gasteiger partial charge in [-0.1, -0.05) is 18.2 Å². The van der Waals surface area contributed by atoms with Crippen LogP contribution in [-0.4, -0.2) is 105 Å². The first-order chi connectivity index (χ1) is 20.5. The Labute approximate surface area is 253 Å². The van der Waals surface area contributed by atoms with Gasteiger partial charge in [-0.15, -0.1) is 11.3 Å². The molecule has 0 spiro atoms. The van der Waals surface area contributed by atoms with Gasteiger partial charge in [-0.25, -0.2) is 18.2 Å². The number of nitrogens with zero attached hydrogens (tertiary/aromatic N) is 4. The van der Waals surface area contributed by atoms with Crippen molar-refractivity contribution in [2.75, 3.05) is 47.4 Å². The summed E-state index contributed by atoms with van der Waals surface area (Å²) in [6, 6.07) is 8.96. The fourth-order valence-corrected chi connectivity index (χ4v) is 7.90. The number of hydrogen-bond acceptors (Lipinski definition) is 10. The summed E-state index contributed by atoms with van der Waals surface area (Å²) in [6.45, 7) is 1.75. The minimum Gasteiger partial charge on any atom is -0.453 e. The lowest BCUT2D eigenvalue weighted by atomic mass is 10.1. The Morgan fingerprint density at radius 1 is 1.12 bits per heavy atom. The number of nitrogens with one attached hydrogen (secondary N) is 3. The average Bonchev–Trinajstić information content (AvgIpc) is 3.43. The first-order valence-corrected chi connectivity index (χ1v) is 15.9. The normalized spacial score (nSPS) is 17.7. The fourth-order valence-electron chi connectivity index (χ4n) is 5.25. The number of amides is 3. The van der Waals surface area contributed by atoms with Gasteiger partial charge >= 0.3 is 6.09 Å². The van der Waals surface area contributed by atoms with Crippen LogP contribution in [0, 0.1) is 5.41 Å². The van der Waals surface area contributed by atoms with E-state index < -0.39 is 22.2 Å². The number of benzene rings is 2. The molecule has 1 unspecified atom stereocenters. The Bertz CT molecular complexity index is 1710. The Balaban J connectivity index is 1.36. The maximum Gasteiger partial charge on any atom is 0.412 e. The van der Waals surface area contributed by atoms with E-state index in [-0.39, 0.29) is 48.6 Å². The number of aromatic nitrogens is 1. The number of amidine groups is 1. The summed E-state index contributed by atoms with van der Waals surface area (Å²) < 4.78 is 33.4. The van der Waals surface area contributed by atoms with Gasteiger partial charge in [0.15, 0.2) is 5.01 Å². The molecule has 43 heavy (non-hydrogen) atoms. The molecule has 3 aromatic rings. The smallest absolute Gasteiger partial charge is 0.412 e. The van der Waals surface area contributed by atoms with Crippen LogP contribution in [-0.2, 0) is 32.5 Å². The molecule has 0 saturated carbocycles. The van der Waals surface area contributed by atoms with Crippen LogP contribution in [0.4, 0.5) is 4.79 Å². The van der Waals surface area contributed by atoms with E-state index in [0.717, 1.165) is 30.1 Å². The maximum atomic E-state index is 13.8. The molecule has 13 nitrogen and oxygen atoms in total. The SMILES string of the molecule is CNC(=O)CC1CN(S(=O)(=O)c2ccc3cc(C(=N)NC(=O)OC)ccc3c2)CCN1C(=O)c1nc2c(s1)CN(C)CC2. The minimum atomic E-state index is -3.97. The number of rotatable bonds is 6. The standard InChI is InChI=1S/C28H33N7O6S2/c1-30-24(36)14-20-15-34(10-11-35(20)27(37)26-31-22-8-9-33(2)16-23(22)42-26)43(39,40)21-7-6-17-12-19(5-4-18(17)13-21)25(29)32-28(38)41-3/h4-7,12-13,20H,8-11,14-16H2,1-3H3,(H,30,36)(H2,29,32,38). The predicted molar refractivity (Wildman–Crippen MR) is 161 cm³/mol. The molecule has 2 aliphatic heterocycles. The molecule has 1 aromatic heterocycles. The van der Waals surface area contributed by atoms with Crippen molar-refractivity contribution in [2.24, 2.45) is 0 Å². The number of ether oxygens (including phenoxy) is 1. The summed E-state index contributed by atoms with van der Waals surface area (Å²) in [5, 5.41) is 14.6. The molecule has 0 bridgehead atoms. The van der Waals surface area contributed by atoms with Gasteiger partial charge in [-0.3, -0.25) is 20.3 Å². The number of thiazole rings is 1. The van der Waals surface area contributed by atoms with Crippen LogP contribution in [0.25, 0.3) is 10.8 Å². The Morgan fingerprint density at radius 2 is 1.86 bits per heavy atom. The molecule has 1 atom stereocenters. The summed E-state index contributed by atoms with van der Waals surface area (Å²) in [5.41, 5.74) is 1.36. The number of piperazine rings is 1. The number of fused-ring (bicyclic) bond motifs is 2. The maximum absolute atomic E-state index is 13.8. The lowest BCUT2D eigenvalue weighted by molar-refractivity contribution is -0.121. The van der Waals surface area contributed by atoms with Gasteiger partial charge in [-0.05, 0) is 36.0 Å². The zero-order chi connectivity index (χ0) is 30.9. The molecule has 15 heteroatoms. The van der Waals surface area contributed by atoms with E-state index in [0.29, 0.717) is 21.3 Å². The molecule has 3 amide bonds. The largest absolute Gasteiger partial charge is 0.453 e. The van der Waals surface area contributed by atoms with Crippen molar-refractivity contribution < 1.29 is 27.5 Å². The molecule has 3 N–H and O–H groups in total. The lowest BCUT2D eigenvalue weighted by Gasteiger charge is -2.40. The first-order valence-electron chi connectivity index (χ1n) is 13.7. The Morgan fingerprint density at radius 3 is 2.60 bits per heavy atom. The number of methoxy groups -OCH3 is 1. The number of carbonyl (C=O) groups excluding carboxylic acids is 3. The molecule has 0 radical (unpaired) electrons. The number of likely N-dealkylation sites (N-methyl/N-ethyl adjacent to an activating group) is 1. The summed E-state index contributed by atoms with van der Waals surface area (Å²) in [6.07, 6.45) is -0.0427. The van der Waals surface area contributed by atoms with Gasteiger partial charge in [0, 0.05) is 63.1 Å². The molecule has 1 saturated heterocycles. The number of sulfonamides is 1. The highest BCUT2D eigenvalue weighted by Gasteiger charge is 2.38. The van der Waals surface area contributed by atoms with E-state index in [2.05, 4.69) is 25.3 Å². The quantitative estimate of drug-likeness (QED) is 0.274. The minimum absolute atomic E-state index is 0.0390. The van der Waals surface area contributed by atoms with Crippen molar-refractivity contribution in [3.8, 4) is 0 Å². The Hall–Kier alpha value is -3.92. The van der Waals surface area contributed by atoms with Gasteiger partial charge in [-0.2, -0.15) is 4.31 Å².